The van der Waals surface area contributed by atoms with Crippen LogP contribution in [0.15, 0.2) is 29.5 Å². The second kappa shape index (κ2) is 8.19. The molecule has 29 heavy (non-hydrogen) atoms. The number of hydrogen-bond acceptors (Lipinski definition) is 5. The van der Waals surface area contributed by atoms with E-state index in [1.807, 2.05) is 19.1 Å². The monoisotopic (exact) mass is 397 g/mol. The molecule has 2 aromatic rings. The lowest BCUT2D eigenvalue weighted by Gasteiger charge is -2.13. The van der Waals surface area contributed by atoms with Crippen LogP contribution in [-0.2, 0) is 17.8 Å². The average Bonchev–Trinajstić information content (AvgIpc) is 3.43. The largest absolute Gasteiger partial charge is 0.493 e. The Morgan fingerprint density at radius 3 is 2.90 bits per heavy atom. The molecule has 4 rings (SSSR count). The number of rotatable bonds is 7. The van der Waals surface area contributed by atoms with Gasteiger partial charge in [0.15, 0.2) is 6.61 Å². The number of ether oxygens (including phenoxy) is 2. The predicted octanol–water partition coefficient (Wildman–Crippen LogP) is 3.41. The van der Waals surface area contributed by atoms with Gasteiger partial charge in [-0.1, -0.05) is 21.8 Å². The molecule has 1 amide bonds. The lowest BCUT2D eigenvalue weighted by Crippen LogP contribution is -2.28. The van der Waals surface area contributed by atoms with Gasteiger partial charge < -0.3 is 14.8 Å². The van der Waals surface area contributed by atoms with Gasteiger partial charge in [-0.25, -0.2) is 4.98 Å². The number of aryl methyl sites for hydroxylation is 2. The maximum atomic E-state index is 13.1. The van der Waals surface area contributed by atoms with Crippen molar-refractivity contribution in [2.75, 3.05) is 13.2 Å². The number of pyridine rings is 1. The first kappa shape index (κ1) is 19.4. The van der Waals surface area contributed by atoms with Gasteiger partial charge in [0.2, 0.25) is 5.88 Å². The quantitative estimate of drug-likeness (QED) is 0.727. The Hall–Kier alpha value is -2.96. The molecule has 0 spiro atoms. The second-order valence-corrected chi connectivity index (χ2v) is 7.59. The number of carbonyl (C=O) groups excluding carboxylic acids is 1. The van der Waals surface area contributed by atoms with Crippen molar-refractivity contribution in [1.29, 1.82) is 0 Å². The fourth-order valence-electron chi connectivity index (χ4n) is 3.67. The van der Waals surface area contributed by atoms with E-state index in [1.165, 1.54) is 5.56 Å². The Balaban J connectivity index is 1.33. The molecule has 0 radical (unpaired) electrons. The maximum absolute atomic E-state index is 13.1. The molecular formula is C22H24FN3O3. The summed E-state index contributed by atoms with van der Waals surface area (Å²) in [5.74, 6) is 1.23. The third kappa shape index (κ3) is 4.39. The number of fused-ring (bicyclic) bond motifs is 1. The van der Waals surface area contributed by atoms with Crippen molar-refractivity contribution in [1.82, 2.24) is 10.3 Å². The van der Waals surface area contributed by atoms with Gasteiger partial charge in [0, 0.05) is 30.5 Å². The van der Waals surface area contributed by atoms with E-state index in [0.29, 0.717) is 30.4 Å². The fourth-order valence-corrected chi connectivity index (χ4v) is 3.67. The molecule has 1 saturated carbocycles. The zero-order chi connectivity index (χ0) is 20.4. The van der Waals surface area contributed by atoms with Crippen LogP contribution >= 0.6 is 0 Å². The van der Waals surface area contributed by atoms with Gasteiger partial charge >= 0.3 is 0 Å². The molecule has 0 unspecified atom stereocenters. The normalized spacial score (nSPS) is 15.6. The van der Waals surface area contributed by atoms with E-state index < -0.39 is 0 Å². The van der Waals surface area contributed by atoms with Gasteiger partial charge in [-0.3, -0.25) is 4.79 Å². The first-order valence-corrected chi connectivity index (χ1v) is 9.86. The highest BCUT2D eigenvalue weighted by atomic mass is 19.2. The summed E-state index contributed by atoms with van der Waals surface area (Å²) in [6.07, 6.45) is 2.81. The Morgan fingerprint density at radius 1 is 1.34 bits per heavy atom. The summed E-state index contributed by atoms with van der Waals surface area (Å²) in [7, 11) is 0. The summed E-state index contributed by atoms with van der Waals surface area (Å²) in [5.41, 5.74) is 4.91. The van der Waals surface area contributed by atoms with Crippen LogP contribution in [0.5, 0.6) is 11.6 Å². The van der Waals surface area contributed by atoms with E-state index in [1.54, 1.807) is 13.0 Å². The Kier molecular flexibility index (Phi) is 5.47. The Morgan fingerprint density at radius 2 is 2.17 bits per heavy atom. The van der Waals surface area contributed by atoms with E-state index in [-0.39, 0.29) is 18.4 Å². The summed E-state index contributed by atoms with van der Waals surface area (Å²) in [4.78, 5) is 16.5. The van der Waals surface area contributed by atoms with Gasteiger partial charge in [-0.05, 0) is 49.4 Å². The van der Waals surface area contributed by atoms with Crippen LogP contribution < -0.4 is 14.8 Å². The molecule has 1 aliphatic heterocycles. The van der Waals surface area contributed by atoms with Gasteiger partial charge in [0.05, 0.1) is 18.0 Å². The molecule has 7 heteroatoms. The number of amides is 1. The van der Waals surface area contributed by atoms with Gasteiger partial charge in [0.1, 0.15) is 5.75 Å². The van der Waals surface area contributed by atoms with Crippen LogP contribution in [-0.4, -0.2) is 29.8 Å². The molecule has 1 fully saturated rings. The van der Waals surface area contributed by atoms with Crippen LogP contribution in [0.1, 0.15) is 40.8 Å². The zero-order valence-corrected chi connectivity index (χ0v) is 16.6. The van der Waals surface area contributed by atoms with E-state index in [0.717, 1.165) is 41.7 Å². The molecule has 1 aromatic heterocycles. The molecule has 0 bridgehead atoms. The summed E-state index contributed by atoms with van der Waals surface area (Å²) in [5, 5.41) is 5.83. The number of benzene rings is 1. The minimum absolute atomic E-state index is 0.133. The topological polar surface area (TPSA) is 72.8 Å². The number of carbonyl (C=O) groups is 1. The zero-order valence-electron chi connectivity index (χ0n) is 16.6. The lowest BCUT2D eigenvalue weighted by molar-refractivity contribution is -0.123. The third-order valence-corrected chi connectivity index (χ3v) is 5.28. The van der Waals surface area contributed by atoms with Crippen molar-refractivity contribution in [2.24, 2.45) is 11.1 Å². The average molecular weight is 397 g/mol. The first-order valence-electron chi connectivity index (χ1n) is 9.86. The van der Waals surface area contributed by atoms with E-state index in [4.69, 9.17) is 9.47 Å². The summed E-state index contributed by atoms with van der Waals surface area (Å²) >= 11 is 0. The van der Waals surface area contributed by atoms with Crippen LogP contribution in [0.4, 0.5) is 4.48 Å². The molecule has 0 saturated heterocycles. The molecule has 1 N–H and O–H groups in total. The van der Waals surface area contributed by atoms with Crippen LogP contribution in [0, 0.1) is 19.8 Å². The number of nitrogens with one attached hydrogen (secondary N) is 1. The highest BCUT2D eigenvalue weighted by Crippen LogP contribution is 2.35. The smallest absolute Gasteiger partial charge is 0.258 e. The number of aromatic nitrogens is 1. The molecular weight excluding hydrogens is 373 g/mol. The first-order chi connectivity index (χ1) is 14.0. The molecule has 2 heterocycles. The SMILES string of the molecule is Cc1cc(OCC(=O)NCc2ccc3c(c2)CCO3)nc(C)c1/C(=N\F)C1CC1. The second-order valence-electron chi connectivity index (χ2n) is 7.59. The number of hydrogen-bond donors (Lipinski definition) is 1. The van der Waals surface area contributed by atoms with Crippen molar-refractivity contribution in [3.05, 3.63) is 52.2 Å². The molecule has 1 aromatic carbocycles. The van der Waals surface area contributed by atoms with Crippen LogP contribution in [0.2, 0.25) is 0 Å². The highest BCUT2D eigenvalue weighted by molar-refractivity contribution is 6.05. The predicted molar refractivity (Wildman–Crippen MR) is 107 cm³/mol. The summed E-state index contributed by atoms with van der Waals surface area (Å²) in [6, 6.07) is 7.67. The maximum Gasteiger partial charge on any atom is 0.258 e. The number of halogens is 1. The van der Waals surface area contributed by atoms with Crippen LogP contribution in [0.3, 0.4) is 0 Å². The molecule has 0 atom stereocenters. The minimum atomic E-state index is -0.230. The van der Waals surface area contributed by atoms with E-state index >= 15 is 0 Å². The van der Waals surface area contributed by atoms with Crippen molar-refractivity contribution < 1.29 is 18.7 Å². The van der Waals surface area contributed by atoms with Crippen molar-refractivity contribution in [2.45, 2.75) is 39.7 Å². The third-order valence-electron chi connectivity index (χ3n) is 5.28. The standard InChI is InChI=1S/C22H24FN3O3/c1-13-9-20(25-14(2)21(13)22(26-23)16-4-5-16)29-12-19(27)24-11-15-3-6-18-17(10-15)7-8-28-18/h3,6,9-10,16H,4-5,7-8,11-12H2,1-2H3,(H,24,27)/b26-22-. The molecule has 152 valence electrons. The minimum Gasteiger partial charge on any atom is -0.493 e. The fraction of sp³-hybridized carbons (Fsp3) is 0.409. The lowest BCUT2D eigenvalue weighted by atomic mass is 10.00. The number of nitrogens with zero attached hydrogens (tertiary/aromatic N) is 2. The Bertz CT molecular complexity index is 947. The van der Waals surface area contributed by atoms with Gasteiger partial charge in [-0.15, -0.1) is 0 Å². The molecule has 1 aliphatic carbocycles. The summed E-state index contributed by atoms with van der Waals surface area (Å²) < 4.78 is 24.2. The van der Waals surface area contributed by atoms with Crippen LogP contribution in [0.25, 0.3) is 0 Å². The summed E-state index contributed by atoms with van der Waals surface area (Å²) in [6.45, 7) is 4.69. The Labute approximate surface area is 169 Å². The van der Waals surface area contributed by atoms with Crippen molar-refractivity contribution in [3.63, 3.8) is 0 Å². The van der Waals surface area contributed by atoms with Gasteiger partial charge in [-0.2, -0.15) is 0 Å². The molecule has 2 aliphatic rings. The van der Waals surface area contributed by atoms with Gasteiger partial charge in [0.25, 0.3) is 5.91 Å². The van der Waals surface area contributed by atoms with E-state index in [2.05, 4.69) is 21.6 Å². The van der Waals surface area contributed by atoms with Crippen molar-refractivity contribution >= 4 is 11.6 Å². The van der Waals surface area contributed by atoms with E-state index in [9.17, 15) is 9.28 Å². The highest BCUT2D eigenvalue weighted by Gasteiger charge is 2.31. The van der Waals surface area contributed by atoms with Crippen molar-refractivity contribution in [3.8, 4) is 11.6 Å². The molecule has 6 nitrogen and oxygen atoms in total.